The van der Waals surface area contributed by atoms with E-state index in [0.717, 1.165) is 17.7 Å². The molecule has 0 atom stereocenters. The Morgan fingerprint density at radius 1 is 1.50 bits per heavy atom. The molecule has 18 heavy (non-hydrogen) atoms. The Kier molecular flexibility index (Phi) is 4.53. The van der Waals surface area contributed by atoms with Gasteiger partial charge in [-0.2, -0.15) is 0 Å². The molecule has 0 heterocycles. The van der Waals surface area contributed by atoms with E-state index in [9.17, 15) is 10.1 Å². The number of nitrogens with zero attached hydrogens (tertiary/aromatic N) is 3. The molecule has 0 saturated carbocycles. The quantitative estimate of drug-likeness (QED) is 0.385. The van der Waals surface area contributed by atoms with Gasteiger partial charge in [-0.25, -0.2) is 9.98 Å². The van der Waals surface area contributed by atoms with Crippen molar-refractivity contribution in [2.45, 2.75) is 27.2 Å². The van der Waals surface area contributed by atoms with Gasteiger partial charge >= 0.3 is 0 Å². The Bertz CT molecular complexity index is 521. The lowest BCUT2D eigenvalue weighted by atomic mass is 10.2. The van der Waals surface area contributed by atoms with E-state index in [1.54, 1.807) is 6.07 Å². The van der Waals surface area contributed by atoms with Gasteiger partial charge in [-0.05, 0) is 25.8 Å². The van der Waals surface area contributed by atoms with Crippen LogP contribution >= 0.6 is 0 Å². The Morgan fingerprint density at radius 2 is 2.17 bits per heavy atom. The van der Waals surface area contributed by atoms with Crippen molar-refractivity contribution < 1.29 is 4.92 Å². The number of nitro groups is 1. The zero-order valence-electron chi connectivity index (χ0n) is 10.7. The van der Waals surface area contributed by atoms with Gasteiger partial charge < -0.3 is 5.73 Å². The molecule has 0 bridgehead atoms. The minimum absolute atomic E-state index is 0.0108. The first-order chi connectivity index (χ1) is 8.43. The van der Waals surface area contributed by atoms with E-state index >= 15 is 0 Å². The molecule has 0 aromatic heterocycles. The summed E-state index contributed by atoms with van der Waals surface area (Å²) in [5.41, 5.74) is 7.80. The van der Waals surface area contributed by atoms with Crippen molar-refractivity contribution in [3.63, 3.8) is 0 Å². The number of hydrogen-bond acceptors (Lipinski definition) is 3. The van der Waals surface area contributed by atoms with E-state index in [2.05, 4.69) is 9.98 Å². The smallest absolute Gasteiger partial charge is 0.271 e. The first kappa shape index (κ1) is 13.8. The summed E-state index contributed by atoms with van der Waals surface area (Å²) in [5, 5.41) is 10.7. The van der Waals surface area contributed by atoms with Crippen LogP contribution in [0.2, 0.25) is 0 Å². The van der Waals surface area contributed by atoms with E-state index in [1.165, 1.54) is 12.1 Å². The first-order valence-electron chi connectivity index (χ1n) is 5.57. The SMILES string of the molecule is CC/C(C)=N/C(N)=Nc1cc([N+](=O)[O-])ccc1C. The van der Waals surface area contributed by atoms with Gasteiger partial charge in [0, 0.05) is 17.8 Å². The molecule has 0 aliphatic heterocycles. The first-order valence-corrected chi connectivity index (χ1v) is 5.57. The van der Waals surface area contributed by atoms with Crippen molar-refractivity contribution in [2.75, 3.05) is 0 Å². The van der Waals surface area contributed by atoms with Crippen LogP contribution in [0.25, 0.3) is 0 Å². The molecule has 0 aliphatic carbocycles. The van der Waals surface area contributed by atoms with Crippen LogP contribution in [0.15, 0.2) is 28.2 Å². The number of hydrogen-bond donors (Lipinski definition) is 1. The number of benzene rings is 1. The van der Waals surface area contributed by atoms with E-state index in [-0.39, 0.29) is 11.6 Å². The topological polar surface area (TPSA) is 93.9 Å². The molecule has 1 rings (SSSR count). The van der Waals surface area contributed by atoms with Gasteiger partial charge in [0.1, 0.15) is 0 Å². The predicted octanol–water partition coefficient (Wildman–Crippen LogP) is 2.72. The third-order valence-corrected chi connectivity index (χ3v) is 2.46. The van der Waals surface area contributed by atoms with Crippen molar-refractivity contribution in [1.29, 1.82) is 0 Å². The average Bonchev–Trinajstić information content (AvgIpc) is 2.31. The molecule has 0 spiro atoms. The highest BCUT2D eigenvalue weighted by atomic mass is 16.6. The van der Waals surface area contributed by atoms with Crippen LogP contribution in [-0.4, -0.2) is 16.6 Å². The van der Waals surface area contributed by atoms with Crippen LogP contribution in [0.5, 0.6) is 0 Å². The maximum absolute atomic E-state index is 10.7. The normalized spacial score (nSPS) is 12.6. The summed E-state index contributed by atoms with van der Waals surface area (Å²) in [6.07, 6.45) is 0.782. The number of nitrogens with two attached hydrogens (primary N) is 1. The third-order valence-electron chi connectivity index (χ3n) is 2.46. The lowest BCUT2D eigenvalue weighted by Gasteiger charge is -2.01. The summed E-state index contributed by atoms with van der Waals surface area (Å²) in [6.45, 7) is 5.62. The highest BCUT2D eigenvalue weighted by Crippen LogP contribution is 2.24. The molecule has 0 saturated heterocycles. The van der Waals surface area contributed by atoms with Crippen LogP contribution in [0.3, 0.4) is 0 Å². The second kappa shape index (κ2) is 5.90. The van der Waals surface area contributed by atoms with Crippen LogP contribution in [0, 0.1) is 17.0 Å². The monoisotopic (exact) mass is 248 g/mol. The molecule has 1 aromatic carbocycles. The van der Waals surface area contributed by atoms with Gasteiger partial charge in [0.05, 0.1) is 10.6 Å². The van der Waals surface area contributed by atoms with Gasteiger partial charge in [-0.1, -0.05) is 13.0 Å². The number of rotatable bonds is 3. The molecule has 0 radical (unpaired) electrons. The lowest BCUT2D eigenvalue weighted by molar-refractivity contribution is -0.384. The van der Waals surface area contributed by atoms with E-state index in [0.29, 0.717) is 5.69 Å². The Morgan fingerprint density at radius 3 is 2.72 bits per heavy atom. The molecule has 2 N–H and O–H groups in total. The lowest BCUT2D eigenvalue weighted by Crippen LogP contribution is -2.10. The number of nitro benzene ring substituents is 1. The van der Waals surface area contributed by atoms with Crippen LogP contribution < -0.4 is 5.73 Å². The number of aliphatic imine (C=N–C) groups is 2. The Labute approximate surface area is 105 Å². The summed E-state index contributed by atoms with van der Waals surface area (Å²) in [4.78, 5) is 18.4. The molecule has 0 aliphatic rings. The van der Waals surface area contributed by atoms with Gasteiger partial charge in [0.25, 0.3) is 5.69 Å². The number of guanidine groups is 1. The number of aryl methyl sites for hydroxylation is 1. The van der Waals surface area contributed by atoms with Crippen molar-refractivity contribution in [1.82, 2.24) is 0 Å². The van der Waals surface area contributed by atoms with Crippen molar-refractivity contribution >= 4 is 23.0 Å². The minimum Gasteiger partial charge on any atom is -0.368 e. The maximum Gasteiger partial charge on any atom is 0.271 e. The predicted molar refractivity (Wildman–Crippen MR) is 72.5 cm³/mol. The number of non-ortho nitro benzene ring substituents is 1. The maximum atomic E-state index is 10.7. The molecular weight excluding hydrogens is 232 g/mol. The fourth-order valence-electron chi connectivity index (χ4n) is 1.25. The Hall–Kier alpha value is -2.24. The van der Waals surface area contributed by atoms with Crippen LogP contribution in [0.4, 0.5) is 11.4 Å². The molecule has 96 valence electrons. The van der Waals surface area contributed by atoms with Crippen molar-refractivity contribution in [3.05, 3.63) is 33.9 Å². The van der Waals surface area contributed by atoms with Crippen molar-refractivity contribution in [2.24, 2.45) is 15.7 Å². The average molecular weight is 248 g/mol. The highest BCUT2D eigenvalue weighted by Gasteiger charge is 2.08. The van der Waals surface area contributed by atoms with Crippen LogP contribution in [-0.2, 0) is 0 Å². The van der Waals surface area contributed by atoms with E-state index < -0.39 is 4.92 Å². The highest BCUT2D eigenvalue weighted by molar-refractivity contribution is 5.96. The zero-order chi connectivity index (χ0) is 13.7. The Balaban J connectivity index is 3.13. The summed E-state index contributed by atoms with van der Waals surface area (Å²) in [7, 11) is 0. The van der Waals surface area contributed by atoms with Crippen molar-refractivity contribution in [3.8, 4) is 0 Å². The largest absolute Gasteiger partial charge is 0.368 e. The van der Waals surface area contributed by atoms with Gasteiger partial charge in [0.15, 0.2) is 0 Å². The summed E-state index contributed by atoms with van der Waals surface area (Å²) >= 11 is 0. The summed E-state index contributed by atoms with van der Waals surface area (Å²) < 4.78 is 0. The zero-order valence-corrected chi connectivity index (χ0v) is 10.7. The van der Waals surface area contributed by atoms with E-state index in [4.69, 9.17) is 5.73 Å². The fraction of sp³-hybridized carbons (Fsp3) is 0.333. The van der Waals surface area contributed by atoms with E-state index in [1.807, 2.05) is 20.8 Å². The summed E-state index contributed by atoms with van der Waals surface area (Å²) in [6, 6.07) is 4.46. The second-order valence-electron chi connectivity index (χ2n) is 3.90. The molecule has 0 amide bonds. The standard InChI is InChI=1S/C12H16N4O2/c1-4-9(3)14-12(13)15-11-7-10(16(17)18)6-5-8(11)2/h5-7H,4H2,1-3H3,(H2,13,15)/b14-9+. The molecule has 1 aromatic rings. The van der Waals surface area contributed by atoms with Gasteiger partial charge in [-0.3, -0.25) is 10.1 Å². The van der Waals surface area contributed by atoms with Gasteiger partial charge in [0.2, 0.25) is 5.96 Å². The molecule has 0 fully saturated rings. The third kappa shape index (κ3) is 3.65. The molecule has 6 nitrogen and oxygen atoms in total. The molecular formula is C12H16N4O2. The van der Waals surface area contributed by atoms with Crippen LogP contribution in [0.1, 0.15) is 25.8 Å². The summed E-state index contributed by atoms with van der Waals surface area (Å²) in [5.74, 6) is 0.109. The molecule has 6 heteroatoms. The second-order valence-corrected chi connectivity index (χ2v) is 3.90. The molecule has 0 unspecified atom stereocenters. The van der Waals surface area contributed by atoms with Gasteiger partial charge in [-0.15, -0.1) is 0 Å². The fourth-order valence-corrected chi connectivity index (χ4v) is 1.25. The minimum atomic E-state index is -0.463.